The molecule has 0 bridgehead atoms. The second kappa shape index (κ2) is 6.80. The van der Waals surface area contributed by atoms with Crippen molar-refractivity contribution < 1.29 is 9.59 Å². The van der Waals surface area contributed by atoms with E-state index in [1.54, 1.807) is 0 Å². The summed E-state index contributed by atoms with van der Waals surface area (Å²) in [4.78, 5) is 27.4. The van der Waals surface area contributed by atoms with Gasteiger partial charge in [-0.1, -0.05) is 40.0 Å². The molecule has 4 nitrogen and oxygen atoms in total. The predicted octanol–water partition coefficient (Wildman–Crippen LogP) is 2.86. The van der Waals surface area contributed by atoms with E-state index in [1.165, 1.54) is 0 Å². The van der Waals surface area contributed by atoms with Crippen LogP contribution in [0.3, 0.4) is 0 Å². The number of amides is 2. The molecule has 1 heterocycles. The summed E-state index contributed by atoms with van der Waals surface area (Å²) in [5, 5.41) is 3.08. The molecule has 1 unspecified atom stereocenters. The molecular formula is C17H30N2O2. The van der Waals surface area contributed by atoms with Gasteiger partial charge in [-0.3, -0.25) is 9.59 Å². The number of carbonyl (C=O) groups excluding carboxylic acids is 2. The van der Waals surface area contributed by atoms with E-state index in [2.05, 4.69) is 26.1 Å². The maximum atomic E-state index is 13.0. The second-order valence-electron chi connectivity index (χ2n) is 7.12. The van der Waals surface area contributed by atoms with Crippen molar-refractivity contribution in [2.24, 2.45) is 5.92 Å². The fraction of sp³-hybridized carbons (Fsp3) is 0.882. The van der Waals surface area contributed by atoms with Crippen LogP contribution in [0.15, 0.2) is 0 Å². The zero-order chi connectivity index (χ0) is 15.5. The molecule has 0 radical (unpaired) electrons. The minimum Gasteiger partial charge on any atom is -0.340 e. The first-order chi connectivity index (χ1) is 10.00. The van der Waals surface area contributed by atoms with Gasteiger partial charge in [-0.15, -0.1) is 0 Å². The Bertz CT molecular complexity index is 386. The largest absolute Gasteiger partial charge is 0.340 e. The summed E-state index contributed by atoms with van der Waals surface area (Å²) in [6, 6.07) is -0.249. The van der Waals surface area contributed by atoms with Gasteiger partial charge >= 0.3 is 0 Å². The van der Waals surface area contributed by atoms with Crippen LogP contribution in [0.1, 0.15) is 72.1 Å². The molecule has 2 fully saturated rings. The summed E-state index contributed by atoms with van der Waals surface area (Å²) >= 11 is 0. The fourth-order valence-corrected chi connectivity index (χ4v) is 3.74. The standard InChI is InChI=1S/C17H30N2O2/c1-4-8-14-15(20)18-17(10-5-6-11-17)16(21)19(14)12-7-9-13(2)3/h13-14H,4-12H2,1-3H3,(H,18,20). The third kappa shape index (κ3) is 3.41. The highest BCUT2D eigenvalue weighted by Crippen LogP contribution is 2.35. The van der Waals surface area contributed by atoms with E-state index in [9.17, 15) is 9.59 Å². The third-order valence-corrected chi connectivity index (χ3v) is 4.91. The maximum absolute atomic E-state index is 13.0. The van der Waals surface area contributed by atoms with Crippen LogP contribution in [0, 0.1) is 5.92 Å². The number of hydrogen-bond donors (Lipinski definition) is 1. The smallest absolute Gasteiger partial charge is 0.249 e. The zero-order valence-corrected chi connectivity index (χ0v) is 13.8. The molecule has 0 aromatic rings. The molecule has 4 heteroatoms. The van der Waals surface area contributed by atoms with Crippen molar-refractivity contribution >= 4 is 11.8 Å². The van der Waals surface area contributed by atoms with E-state index >= 15 is 0 Å². The lowest BCUT2D eigenvalue weighted by Crippen LogP contribution is -2.69. The number of piperazine rings is 1. The molecule has 1 N–H and O–H groups in total. The van der Waals surface area contributed by atoms with Gasteiger partial charge < -0.3 is 10.2 Å². The van der Waals surface area contributed by atoms with Gasteiger partial charge in [0.15, 0.2) is 0 Å². The van der Waals surface area contributed by atoms with E-state index in [4.69, 9.17) is 0 Å². The first kappa shape index (κ1) is 16.3. The van der Waals surface area contributed by atoms with Crippen molar-refractivity contribution in [3.05, 3.63) is 0 Å². The lowest BCUT2D eigenvalue weighted by molar-refractivity contribution is -0.155. The Hall–Kier alpha value is -1.06. The molecule has 0 aromatic carbocycles. The van der Waals surface area contributed by atoms with Gasteiger partial charge in [0, 0.05) is 6.54 Å². The molecule has 1 saturated heterocycles. The topological polar surface area (TPSA) is 49.4 Å². The van der Waals surface area contributed by atoms with Crippen LogP contribution in [0.25, 0.3) is 0 Å². The molecule has 1 spiro atoms. The molecule has 1 aliphatic heterocycles. The Morgan fingerprint density at radius 3 is 2.52 bits per heavy atom. The Morgan fingerprint density at radius 2 is 1.95 bits per heavy atom. The SMILES string of the molecule is CCCC1C(=O)NC2(CCCC2)C(=O)N1CCCC(C)C. The molecule has 21 heavy (non-hydrogen) atoms. The number of nitrogens with zero attached hydrogens (tertiary/aromatic N) is 1. The highest BCUT2D eigenvalue weighted by molar-refractivity contribution is 6.00. The van der Waals surface area contributed by atoms with Gasteiger partial charge in [0.1, 0.15) is 11.6 Å². The quantitative estimate of drug-likeness (QED) is 0.819. The Kier molecular flexibility index (Phi) is 5.28. The predicted molar refractivity (Wildman–Crippen MR) is 83.8 cm³/mol. The van der Waals surface area contributed by atoms with Gasteiger partial charge in [-0.2, -0.15) is 0 Å². The maximum Gasteiger partial charge on any atom is 0.249 e. The van der Waals surface area contributed by atoms with E-state index in [-0.39, 0.29) is 17.9 Å². The number of rotatable bonds is 6. The summed E-state index contributed by atoms with van der Waals surface area (Å²) in [5.41, 5.74) is -0.570. The number of nitrogens with one attached hydrogen (secondary N) is 1. The average Bonchev–Trinajstić information content (AvgIpc) is 2.88. The van der Waals surface area contributed by atoms with Crippen LogP contribution in [-0.2, 0) is 9.59 Å². The van der Waals surface area contributed by atoms with E-state index in [0.717, 1.165) is 57.9 Å². The van der Waals surface area contributed by atoms with Gasteiger partial charge in [-0.25, -0.2) is 0 Å². The van der Waals surface area contributed by atoms with Crippen LogP contribution in [0.5, 0.6) is 0 Å². The normalized spacial score (nSPS) is 25.0. The number of hydrogen-bond acceptors (Lipinski definition) is 2. The van der Waals surface area contributed by atoms with Gasteiger partial charge in [0.25, 0.3) is 0 Å². The third-order valence-electron chi connectivity index (χ3n) is 4.91. The van der Waals surface area contributed by atoms with Gasteiger partial charge in [0.2, 0.25) is 11.8 Å². The molecule has 2 aliphatic rings. The van der Waals surface area contributed by atoms with Crippen molar-refractivity contribution in [2.75, 3.05) is 6.54 Å². The summed E-state index contributed by atoms with van der Waals surface area (Å²) in [6.07, 6.45) is 7.53. The zero-order valence-electron chi connectivity index (χ0n) is 13.8. The Balaban J connectivity index is 2.12. The van der Waals surface area contributed by atoms with Crippen molar-refractivity contribution in [1.29, 1.82) is 0 Å². The molecule has 1 aliphatic carbocycles. The summed E-state index contributed by atoms with van der Waals surface area (Å²) in [6.45, 7) is 7.21. The van der Waals surface area contributed by atoms with E-state index < -0.39 is 5.54 Å². The molecular weight excluding hydrogens is 264 g/mol. The summed E-state index contributed by atoms with van der Waals surface area (Å²) < 4.78 is 0. The molecule has 2 rings (SSSR count). The average molecular weight is 294 g/mol. The van der Waals surface area contributed by atoms with Crippen LogP contribution >= 0.6 is 0 Å². The van der Waals surface area contributed by atoms with Crippen LogP contribution in [-0.4, -0.2) is 34.8 Å². The van der Waals surface area contributed by atoms with Crippen molar-refractivity contribution in [3.8, 4) is 0 Å². The minimum atomic E-state index is -0.570. The van der Waals surface area contributed by atoms with Crippen molar-refractivity contribution in [2.45, 2.75) is 83.7 Å². The monoisotopic (exact) mass is 294 g/mol. The lowest BCUT2D eigenvalue weighted by atomic mass is 9.89. The van der Waals surface area contributed by atoms with Gasteiger partial charge in [-0.05, 0) is 38.0 Å². The molecule has 1 saturated carbocycles. The Morgan fingerprint density at radius 1 is 1.29 bits per heavy atom. The molecule has 2 amide bonds. The fourth-order valence-electron chi connectivity index (χ4n) is 3.74. The summed E-state index contributed by atoms with van der Waals surface area (Å²) in [5.74, 6) is 0.897. The summed E-state index contributed by atoms with van der Waals surface area (Å²) in [7, 11) is 0. The highest BCUT2D eigenvalue weighted by Gasteiger charge is 2.51. The Labute approximate surface area is 128 Å². The van der Waals surface area contributed by atoms with Crippen molar-refractivity contribution in [3.63, 3.8) is 0 Å². The number of carbonyl (C=O) groups is 2. The molecule has 120 valence electrons. The van der Waals surface area contributed by atoms with Crippen LogP contribution < -0.4 is 5.32 Å². The molecule has 1 atom stereocenters. The van der Waals surface area contributed by atoms with Crippen LogP contribution in [0.2, 0.25) is 0 Å². The van der Waals surface area contributed by atoms with Crippen LogP contribution in [0.4, 0.5) is 0 Å². The van der Waals surface area contributed by atoms with Crippen molar-refractivity contribution in [1.82, 2.24) is 10.2 Å². The van der Waals surface area contributed by atoms with E-state index in [0.29, 0.717) is 5.92 Å². The van der Waals surface area contributed by atoms with Gasteiger partial charge in [0.05, 0.1) is 0 Å². The first-order valence-electron chi connectivity index (χ1n) is 8.63. The minimum absolute atomic E-state index is 0.0721. The molecule has 0 aromatic heterocycles. The second-order valence-corrected chi connectivity index (χ2v) is 7.12. The first-order valence-corrected chi connectivity index (χ1v) is 8.63. The van der Waals surface area contributed by atoms with E-state index in [1.807, 2.05) is 4.90 Å². The lowest BCUT2D eigenvalue weighted by Gasteiger charge is -2.44. The highest BCUT2D eigenvalue weighted by atomic mass is 16.2.